The first-order valence-electron chi connectivity index (χ1n) is 5.98. The predicted molar refractivity (Wildman–Crippen MR) is 83.5 cm³/mol. The Kier molecular flexibility index (Phi) is 6.58. The molecule has 0 aromatic heterocycles. The number of hydrogen-bond acceptors (Lipinski definition) is 2. The van der Waals surface area contributed by atoms with E-state index in [9.17, 15) is 13.0 Å². The van der Waals surface area contributed by atoms with Crippen LogP contribution in [0.25, 0.3) is 17.1 Å². The molecule has 2 rings (SSSR count). The normalized spacial score (nSPS) is 11.6. The van der Waals surface area contributed by atoms with Crippen LogP contribution in [0.1, 0.15) is 18.1 Å². The van der Waals surface area contributed by atoms with Crippen molar-refractivity contribution < 1.29 is 44.0 Å². The van der Waals surface area contributed by atoms with Crippen molar-refractivity contribution in [3.05, 3.63) is 77.9 Å². The van der Waals surface area contributed by atoms with Gasteiger partial charge in [0.25, 0.3) is 10.1 Å². The average Bonchev–Trinajstić information content (AvgIpc) is 2.45. The summed E-state index contributed by atoms with van der Waals surface area (Å²) in [5, 5.41) is 0. The molecule has 0 fully saturated rings. The van der Waals surface area contributed by atoms with Gasteiger partial charge in [0.1, 0.15) is 4.91 Å². The second-order valence-electron chi connectivity index (χ2n) is 4.22. The molecule has 21 heavy (non-hydrogen) atoms. The molecule has 0 spiro atoms. The Balaban J connectivity index is 0.00000220. The van der Waals surface area contributed by atoms with Crippen molar-refractivity contribution in [1.29, 1.82) is 0 Å². The minimum absolute atomic E-state index is 0. The Bertz CT molecular complexity index is 739. The maximum absolute atomic E-state index is 11.6. The van der Waals surface area contributed by atoms with Crippen molar-refractivity contribution >= 4 is 27.2 Å². The summed E-state index contributed by atoms with van der Waals surface area (Å²) < 4.78 is 32.5. The van der Waals surface area contributed by atoms with Crippen LogP contribution < -0.4 is 29.6 Å². The van der Waals surface area contributed by atoms with Gasteiger partial charge in [-0.05, 0) is 22.8 Å². The molecule has 0 aliphatic rings. The molecule has 2 aromatic rings. The summed E-state index contributed by atoms with van der Waals surface area (Å²) in [4.78, 5) is -0.126. The molecular weight excluding hydrogens is 295 g/mol. The van der Waals surface area contributed by atoms with Gasteiger partial charge in [-0.15, -0.1) is 0 Å². The third kappa shape index (κ3) is 4.95. The SMILES string of the molecule is C=Cc1ccc(C(=Cc2ccccc2)S(=O)(=O)O)cc1.[H-].[Na+]. The molecule has 0 unspecified atom stereocenters. The zero-order valence-corrected chi connectivity index (χ0v) is 14.5. The van der Waals surface area contributed by atoms with Crippen LogP contribution in [0.4, 0.5) is 0 Å². The zero-order chi connectivity index (χ0) is 14.6. The van der Waals surface area contributed by atoms with Gasteiger partial charge in [-0.3, -0.25) is 4.55 Å². The Labute approximate surface area is 148 Å². The smallest absolute Gasteiger partial charge is 1.00 e. The molecule has 0 aliphatic carbocycles. The van der Waals surface area contributed by atoms with Crippen LogP contribution in [0.15, 0.2) is 61.2 Å². The van der Waals surface area contributed by atoms with Crippen LogP contribution >= 0.6 is 0 Å². The first-order valence-corrected chi connectivity index (χ1v) is 7.42. The van der Waals surface area contributed by atoms with E-state index in [-0.39, 0.29) is 35.9 Å². The molecule has 2 aromatic carbocycles. The van der Waals surface area contributed by atoms with E-state index in [1.54, 1.807) is 54.6 Å². The fraction of sp³-hybridized carbons (Fsp3) is 0. The standard InChI is InChI=1S/C16H14O3S.Na.H/c1-2-13-8-10-15(11-9-13)16(20(17,18)19)12-14-6-4-3-5-7-14;;/h2-12H,1H2,(H,17,18,19);;/q;+1;-1. The minimum atomic E-state index is -4.30. The summed E-state index contributed by atoms with van der Waals surface area (Å²) in [6, 6.07) is 15.7. The van der Waals surface area contributed by atoms with E-state index in [0.717, 1.165) is 5.56 Å². The maximum atomic E-state index is 11.6. The third-order valence-corrected chi connectivity index (χ3v) is 3.72. The maximum Gasteiger partial charge on any atom is 1.00 e. The third-order valence-electron chi connectivity index (χ3n) is 2.81. The fourth-order valence-corrected chi connectivity index (χ4v) is 2.51. The van der Waals surface area contributed by atoms with Gasteiger partial charge in [0.05, 0.1) is 0 Å². The largest absolute Gasteiger partial charge is 1.00 e. The van der Waals surface area contributed by atoms with Gasteiger partial charge < -0.3 is 1.43 Å². The van der Waals surface area contributed by atoms with Crippen molar-refractivity contribution in [3.8, 4) is 0 Å². The molecule has 0 saturated heterocycles. The van der Waals surface area contributed by atoms with E-state index in [4.69, 9.17) is 0 Å². The quantitative estimate of drug-likeness (QED) is 0.517. The fourth-order valence-electron chi connectivity index (χ4n) is 1.79. The number of benzene rings is 2. The Morgan fingerprint density at radius 3 is 2.05 bits per heavy atom. The first kappa shape index (κ1) is 17.9. The molecule has 0 aliphatic heterocycles. The molecule has 5 heteroatoms. The summed E-state index contributed by atoms with van der Waals surface area (Å²) in [6.07, 6.45) is 3.11. The monoisotopic (exact) mass is 310 g/mol. The molecule has 0 radical (unpaired) electrons. The van der Waals surface area contributed by atoms with Gasteiger partial charge >= 0.3 is 29.6 Å². The first-order chi connectivity index (χ1) is 9.50. The van der Waals surface area contributed by atoms with Crippen LogP contribution in [-0.4, -0.2) is 13.0 Å². The van der Waals surface area contributed by atoms with E-state index in [0.29, 0.717) is 11.1 Å². The summed E-state index contributed by atoms with van der Waals surface area (Å²) in [5.41, 5.74) is 2.01. The van der Waals surface area contributed by atoms with E-state index >= 15 is 0 Å². The van der Waals surface area contributed by atoms with Crippen LogP contribution in [0.2, 0.25) is 0 Å². The van der Waals surface area contributed by atoms with Gasteiger partial charge in [-0.1, -0.05) is 67.3 Å². The van der Waals surface area contributed by atoms with E-state index < -0.39 is 10.1 Å². The van der Waals surface area contributed by atoms with Crippen molar-refractivity contribution in [2.75, 3.05) is 0 Å². The predicted octanol–water partition coefficient (Wildman–Crippen LogP) is 0.832. The van der Waals surface area contributed by atoms with Gasteiger partial charge in [0, 0.05) is 0 Å². The molecule has 0 saturated carbocycles. The summed E-state index contributed by atoms with van der Waals surface area (Å²) in [5.74, 6) is 0. The minimum Gasteiger partial charge on any atom is -1.00 e. The van der Waals surface area contributed by atoms with Crippen LogP contribution in [0, 0.1) is 0 Å². The van der Waals surface area contributed by atoms with Crippen molar-refractivity contribution in [2.24, 2.45) is 0 Å². The van der Waals surface area contributed by atoms with Gasteiger partial charge in [0.15, 0.2) is 0 Å². The average molecular weight is 310 g/mol. The molecule has 0 bridgehead atoms. The summed E-state index contributed by atoms with van der Waals surface area (Å²) in [7, 11) is -4.30. The van der Waals surface area contributed by atoms with E-state index in [2.05, 4.69) is 6.58 Å². The summed E-state index contributed by atoms with van der Waals surface area (Å²) >= 11 is 0. The molecule has 0 heterocycles. The Hall–Kier alpha value is -1.17. The van der Waals surface area contributed by atoms with Crippen LogP contribution in [-0.2, 0) is 10.1 Å². The molecule has 0 amide bonds. The molecule has 104 valence electrons. The van der Waals surface area contributed by atoms with Gasteiger partial charge in [0.2, 0.25) is 0 Å². The second-order valence-corrected chi connectivity index (χ2v) is 5.61. The molecule has 1 N–H and O–H groups in total. The van der Waals surface area contributed by atoms with Crippen LogP contribution in [0.3, 0.4) is 0 Å². The van der Waals surface area contributed by atoms with Gasteiger partial charge in [-0.25, -0.2) is 0 Å². The van der Waals surface area contributed by atoms with Crippen molar-refractivity contribution in [3.63, 3.8) is 0 Å². The van der Waals surface area contributed by atoms with Gasteiger partial charge in [-0.2, -0.15) is 8.42 Å². The number of hydrogen-bond donors (Lipinski definition) is 1. The summed E-state index contributed by atoms with van der Waals surface area (Å²) in [6.45, 7) is 3.64. The van der Waals surface area contributed by atoms with E-state index in [1.165, 1.54) is 6.08 Å². The number of rotatable bonds is 4. The molecule has 0 atom stereocenters. The molecule has 3 nitrogen and oxygen atoms in total. The second kappa shape index (κ2) is 7.73. The van der Waals surface area contributed by atoms with Crippen molar-refractivity contribution in [2.45, 2.75) is 0 Å². The Morgan fingerprint density at radius 2 is 1.57 bits per heavy atom. The van der Waals surface area contributed by atoms with E-state index in [1.807, 2.05) is 6.07 Å². The Morgan fingerprint density at radius 1 is 1.00 bits per heavy atom. The topological polar surface area (TPSA) is 54.4 Å². The zero-order valence-electron chi connectivity index (χ0n) is 12.7. The van der Waals surface area contributed by atoms with Crippen LogP contribution in [0.5, 0.6) is 0 Å². The molecular formula is C16H15NaO3S. The van der Waals surface area contributed by atoms with Crippen molar-refractivity contribution in [1.82, 2.24) is 0 Å².